The van der Waals surface area contributed by atoms with E-state index in [-0.39, 0.29) is 24.0 Å². The topological polar surface area (TPSA) is 62.5 Å². The van der Waals surface area contributed by atoms with Crippen molar-refractivity contribution < 1.29 is 4.42 Å². The van der Waals surface area contributed by atoms with Gasteiger partial charge in [-0.25, -0.2) is 4.98 Å². The second-order valence-corrected chi connectivity index (χ2v) is 5.87. The Morgan fingerprint density at radius 3 is 2.65 bits per heavy atom. The van der Waals surface area contributed by atoms with Crippen LogP contribution in [0.5, 0.6) is 0 Å². The van der Waals surface area contributed by atoms with E-state index >= 15 is 0 Å². The first-order valence-corrected chi connectivity index (χ1v) is 7.64. The molecule has 2 atom stereocenters. The predicted octanol–water partition coefficient (Wildman–Crippen LogP) is 3.34. The van der Waals surface area contributed by atoms with Gasteiger partial charge in [-0.3, -0.25) is 4.99 Å². The molecule has 0 amide bonds. The normalized spacial score (nSPS) is 19.9. The minimum absolute atomic E-state index is 0. The average Bonchev–Trinajstić information content (AvgIpc) is 3.01. The molecule has 0 aliphatic heterocycles. The summed E-state index contributed by atoms with van der Waals surface area (Å²) in [6, 6.07) is 8.76. The highest BCUT2D eigenvalue weighted by molar-refractivity contribution is 14.0. The third-order valence-corrected chi connectivity index (χ3v) is 3.95. The number of nitrogens with one attached hydrogen (secondary N) is 2. The minimum Gasteiger partial charge on any atom is -0.439 e. The Morgan fingerprint density at radius 1 is 1.35 bits per heavy atom. The fourth-order valence-corrected chi connectivity index (χ4v) is 2.30. The quantitative estimate of drug-likeness (QED) is 0.447. The van der Waals surface area contributed by atoms with E-state index in [1.807, 2.05) is 12.1 Å². The van der Waals surface area contributed by atoms with Crippen LogP contribution in [0.25, 0.3) is 11.3 Å². The standard InChI is InChI=1S/C17H22N4O.HI/c1-11-4-6-13(7-5-11)15-9-19-16(22-15)10-20-17(18-3)21-14-8-12(14)2;/h4-7,9,12,14H,8,10H2,1-3H3,(H2,18,20,21);1H. The number of nitrogens with zero attached hydrogens (tertiary/aromatic N) is 2. The zero-order valence-electron chi connectivity index (χ0n) is 13.7. The summed E-state index contributed by atoms with van der Waals surface area (Å²) >= 11 is 0. The number of rotatable bonds is 4. The van der Waals surface area contributed by atoms with Crippen molar-refractivity contribution >= 4 is 29.9 Å². The van der Waals surface area contributed by atoms with Gasteiger partial charge in [-0.05, 0) is 19.3 Å². The minimum atomic E-state index is 0. The molecule has 1 aliphatic carbocycles. The number of aromatic nitrogens is 1. The van der Waals surface area contributed by atoms with Crippen molar-refractivity contribution in [1.82, 2.24) is 15.6 Å². The van der Waals surface area contributed by atoms with Crippen molar-refractivity contribution in [3.63, 3.8) is 0 Å². The fraction of sp³-hybridized carbons (Fsp3) is 0.412. The molecule has 2 N–H and O–H groups in total. The lowest BCUT2D eigenvalue weighted by Crippen LogP contribution is -2.38. The fourth-order valence-electron chi connectivity index (χ4n) is 2.30. The summed E-state index contributed by atoms with van der Waals surface area (Å²) in [5.74, 6) is 2.97. The summed E-state index contributed by atoms with van der Waals surface area (Å²) in [4.78, 5) is 8.54. The van der Waals surface area contributed by atoms with Crippen LogP contribution in [-0.2, 0) is 6.54 Å². The van der Waals surface area contributed by atoms with E-state index in [1.165, 1.54) is 12.0 Å². The van der Waals surface area contributed by atoms with Crippen molar-refractivity contribution in [3.05, 3.63) is 41.9 Å². The van der Waals surface area contributed by atoms with Crippen LogP contribution in [0.1, 0.15) is 24.8 Å². The van der Waals surface area contributed by atoms with E-state index in [0.717, 1.165) is 23.2 Å². The molecule has 0 saturated heterocycles. The van der Waals surface area contributed by atoms with E-state index in [9.17, 15) is 0 Å². The molecule has 1 aromatic carbocycles. The van der Waals surface area contributed by atoms with Gasteiger partial charge in [0.1, 0.15) is 0 Å². The van der Waals surface area contributed by atoms with Gasteiger partial charge in [0.25, 0.3) is 0 Å². The molecule has 1 saturated carbocycles. The summed E-state index contributed by atoms with van der Waals surface area (Å²) in [5, 5.41) is 6.61. The van der Waals surface area contributed by atoms with Crippen molar-refractivity contribution in [1.29, 1.82) is 0 Å². The average molecular weight is 426 g/mol. The van der Waals surface area contributed by atoms with Crippen LogP contribution in [0.4, 0.5) is 0 Å². The molecule has 1 aromatic heterocycles. The zero-order valence-corrected chi connectivity index (χ0v) is 16.0. The van der Waals surface area contributed by atoms with Gasteiger partial charge in [0, 0.05) is 18.7 Å². The third kappa shape index (κ3) is 4.70. The van der Waals surface area contributed by atoms with Gasteiger partial charge in [0.2, 0.25) is 5.89 Å². The molecule has 0 spiro atoms. The summed E-state index contributed by atoms with van der Waals surface area (Å²) in [6.45, 7) is 4.82. The van der Waals surface area contributed by atoms with Crippen LogP contribution >= 0.6 is 24.0 Å². The van der Waals surface area contributed by atoms with Gasteiger partial charge >= 0.3 is 0 Å². The Balaban J connectivity index is 0.00000192. The van der Waals surface area contributed by atoms with Gasteiger partial charge in [-0.2, -0.15) is 0 Å². The summed E-state index contributed by atoms with van der Waals surface area (Å²) in [6.07, 6.45) is 2.97. The summed E-state index contributed by atoms with van der Waals surface area (Å²) < 4.78 is 5.79. The number of hydrogen-bond acceptors (Lipinski definition) is 3. The number of hydrogen-bond donors (Lipinski definition) is 2. The maximum absolute atomic E-state index is 5.79. The van der Waals surface area contributed by atoms with Crippen LogP contribution in [-0.4, -0.2) is 24.0 Å². The lowest BCUT2D eigenvalue weighted by Gasteiger charge is -2.09. The van der Waals surface area contributed by atoms with E-state index in [4.69, 9.17) is 4.42 Å². The van der Waals surface area contributed by atoms with Crippen LogP contribution in [0.2, 0.25) is 0 Å². The van der Waals surface area contributed by atoms with Gasteiger partial charge in [-0.15, -0.1) is 24.0 Å². The molecule has 3 rings (SSSR count). The zero-order chi connectivity index (χ0) is 15.5. The molecular weight excluding hydrogens is 403 g/mol. The maximum atomic E-state index is 5.79. The Morgan fingerprint density at radius 2 is 2.04 bits per heavy atom. The highest BCUT2D eigenvalue weighted by atomic mass is 127. The molecule has 1 heterocycles. The molecule has 1 fully saturated rings. The molecule has 2 unspecified atom stereocenters. The first-order chi connectivity index (χ1) is 10.7. The number of oxazole rings is 1. The number of halogens is 1. The van der Waals surface area contributed by atoms with Crippen molar-refractivity contribution in [2.45, 2.75) is 32.9 Å². The van der Waals surface area contributed by atoms with Crippen molar-refractivity contribution in [3.8, 4) is 11.3 Å². The van der Waals surface area contributed by atoms with Crippen LogP contribution in [0.3, 0.4) is 0 Å². The lowest BCUT2D eigenvalue weighted by atomic mass is 10.1. The smallest absolute Gasteiger partial charge is 0.214 e. The number of benzene rings is 1. The Labute approximate surface area is 154 Å². The SMILES string of the molecule is CN=C(NCc1ncc(-c2ccc(C)cc2)o1)NC1CC1C.I. The monoisotopic (exact) mass is 426 g/mol. The van der Waals surface area contributed by atoms with E-state index in [1.54, 1.807) is 13.2 Å². The molecule has 2 aromatic rings. The van der Waals surface area contributed by atoms with Gasteiger partial charge < -0.3 is 15.1 Å². The molecule has 6 heteroatoms. The van der Waals surface area contributed by atoms with E-state index < -0.39 is 0 Å². The van der Waals surface area contributed by atoms with Crippen LogP contribution < -0.4 is 10.6 Å². The van der Waals surface area contributed by atoms with E-state index in [2.05, 4.69) is 46.6 Å². The Bertz CT molecular complexity index is 665. The molecule has 1 aliphatic rings. The second kappa shape index (κ2) is 7.81. The third-order valence-electron chi connectivity index (χ3n) is 3.95. The highest BCUT2D eigenvalue weighted by Crippen LogP contribution is 2.28. The molecule has 124 valence electrons. The lowest BCUT2D eigenvalue weighted by molar-refractivity contribution is 0.497. The number of aliphatic imine (C=N–C) groups is 1. The molecule has 23 heavy (non-hydrogen) atoms. The van der Waals surface area contributed by atoms with Crippen molar-refractivity contribution in [2.24, 2.45) is 10.9 Å². The largest absolute Gasteiger partial charge is 0.439 e. The van der Waals surface area contributed by atoms with Gasteiger partial charge in [0.05, 0.1) is 12.7 Å². The molecule has 0 radical (unpaired) electrons. The Hall–Kier alpha value is -1.57. The molecule has 0 bridgehead atoms. The maximum Gasteiger partial charge on any atom is 0.214 e. The second-order valence-electron chi connectivity index (χ2n) is 5.87. The molecule has 5 nitrogen and oxygen atoms in total. The predicted molar refractivity (Wildman–Crippen MR) is 103 cm³/mol. The number of aryl methyl sites for hydroxylation is 1. The highest BCUT2D eigenvalue weighted by Gasteiger charge is 2.33. The Kier molecular flexibility index (Phi) is 6.04. The first-order valence-electron chi connectivity index (χ1n) is 7.64. The van der Waals surface area contributed by atoms with Gasteiger partial charge in [0.15, 0.2) is 11.7 Å². The summed E-state index contributed by atoms with van der Waals surface area (Å²) in [7, 11) is 1.77. The summed E-state index contributed by atoms with van der Waals surface area (Å²) in [5.41, 5.74) is 2.27. The van der Waals surface area contributed by atoms with E-state index in [0.29, 0.717) is 18.5 Å². The number of guanidine groups is 1. The molecular formula is C17H23IN4O. The van der Waals surface area contributed by atoms with Crippen LogP contribution in [0.15, 0.2) is 39.9 Å². The first kappa shape index (κ1) is 17.8. The van der Waals surface area contributed by atoms with Crippen molar-refractivity contribution in [2.75, 3.05) is 7.05 Å². The van der Waals surface area contributed by atoms with Gasteiger partial charge in [-0.1, -0.05) is 36.8 Å². The van der Waals surface area contributed by atoms with Crippen LogP contribution in [0, 0.1) is 12.8 Å².